The van der Waals surface area contributed by atoms with Gasteiger partial charge in [-0.05, 0) is 84.7 Å². The molecule has 0 aromatic heterocycles. The van der Waals surface area contributed by atoms with E-state index in [0.29, 0.717) is 0 Å². The SMILES string of the molecule is CCCCc1ccc(C(OP(=O)(O)OP(=O)(O)O)c2ccc(CCCC)cc2CCCC)c(CCCC)c1.[AlH3]. The second-order valence-corrected chi connectivity index (χ2v) is 12.8. The van der Waals surface area contributed by atoms with E-state index in [0.717, 1.165) is 99.3 Å². The van der Waals surface area contributed by atoms with Gasteiger partial charge >= 0.3 is 15.6 Å². The molecule has 0 fully saturated rings. The summed E-state index contributed by atoms with van der Waals surface area (Å²) >= 11 is 0. The highest BCUT2D eigenvalue weighted by Crippen LogP contribution is 2.60. The predicted molar refractivity (Wildman–Crippen MR) is 163 cm³/mol. The topological polar surface area (TPSA) is 113 Å². The van der Waals surface area contributed by atoms with Gasteiger partial charge in [-0.15, -0.1) is 0 Å². The molecule has 39 heavy (non-hydrogen) atoms. The van der Waals surface area contributed by atoms with Gasteiger partial charge in [0.25, 0.3) is 0 Å². The molecule has 0 radical (unpaired) electrons. The Morgan fingerprint density at radius 1 is 0.667 bits per heavy atom. The van der Waals surface area contributed by atoms with Crippen LogP contribution in [0.3, 0.4) is 0 Å². The van der Waals surface area contributed by atoms with Crippen LogP contribution >= 0.6 is 15.6 Å². The van der Waals surface area contributed by atoms with Gasteiger partial charge < -0.3 is 14.7 Å². The minimum absolute atomic E-state index is 0. The van der Waals surface area contributed by atoms with Crippen LogP contribution in [0.1, 0.15) is 119 Å². The molecule has 0 aliphatic heterocycles. The molecule has 0 spiro atoms. The van der Waals surface area contributed by atoms with E-state index in [9.17, 15) is 23.8 Å². The van der Waals surface area contributed by atoms with Crippen molar-refractivity contribution in [1.82, 2.24) is 0 Å². The molecular weight excluding hydrogens is 549 g/mol. The Hall–Kier alpha value is -0.768. The third-order valence-corrected chi connectivity index (χ3v) is 8.82. The first-order chi connectivity index (χ1) is 18.0. The van der Waals surface area contributed by atoms with Crippen LogP contribution in [-0.2, 0) is 43.6 Å². The zero-order chi connectivity index (χ0) is 28.2. The van der Waals surface area contributed by atoms with E-state index in [1.807, 2.05) is 24.3 Å². The summed E-state index contributed by atoms with van der Waals surface area (Å²) in [5.41, 5.74) is 5.86. The fourth-order valence-electron chi connectivity index (χ4n) is 4.64. The van der Waals surface area contributed by atoms with Crippen LogP contribution in [0.4, 0.5) is 0 Å². The van der Waals surface area contributed by atoms with Crippen molar-refractivity contribution in [2.24, 2.45) is 0 Å². The monoisotopic (exact) mass is 598 g/mol. The van der Waals surface area contributed by atoms with Crippen LogP contribution in [0.15, 0.2) is 36.4 Å². The van der Waals surface area contributed by atoms with E-state index in [1.165, 1.54) is 11.1 Å². The maximum Gasteiger partial charge on any atom is 0.482 e. The standard InChI is InChI=1S/C29H46O7P2.Al.3H/c1-5-9-13-23-17-19-27(25(21-23)15-11-7-3)29(35-38(33,34)36-37(30,31)32)28-20-18-24(14-10-6-2)22-26(28)16-12-8-4;;;;/h17-22,29H,5-16H2,1-4H3,(H,33,34)(H2,30,31,32);;;;. The Morgan fingerprint density at radius 2 is 1.05 bits per heavy atom. The number of unbranched alkanes of at least 4 members (excludes halogenated alkanes) is 4. The Kier molecular flexibility index (Phi) is 16.7. The van der Waals surface area contributed by atoms with Crippen LogP contribution in [0, 0.1) is 0 Å². The van der Waals surface area contributed by atoms with Gasteiger partial charge in [-0.1, -0.05) is 89.8 Å². The molecule has 1 atom stereocenters. The number of aryl methyl sites for hydroxylation is 4. The van der Waals surface area contributed by atoms with Gasteiger partial charge in [0.05, 0.1) is 0 Å². The molecule has 7 nitrogen and oxygen atoms in total. The van der Waals surface area contributed by atoms with Crippen molar-refractivity contribution in [3.8, 4) is 0 Å². The lowest BCUT2D eigenvalue weighted by molar-refractivity contribution is 0.146. The molecular formula is C29H49AlO7P2. The van der Waals surface area contributed by atoms with Gasteiger partial charge in [0.1, 0.15) is 6.10 Å². The lowest BCUT2D eigenvalue weighted by Gasteiger charge is -2.26. The predicted octanol–water partition coefficient (Wildman–Crippen LogP) is 7.19. The Balaban J connectivity index is 0.00000760. The van der Waals surface area contributed by atoms with E-state index in [1.54, 1.807) is 0 Å². The van der Waals surface area contributed by atoms with Gasteiger partial charge in [0.15, 0.2) is 17.4 Å². The minimum atomic E-state index is -5.26. The largest absolute Gasteiger partial charge is 0.482 e. The molecule has 0 aliphatic carbocycles. The second kappa shape index (κ2) is 17.9. The number of benzene rings is 2. The number of rotatable bonds is 18. The zero-order valence-electron chi connectivity index (χ0n) is 23.4. The molecule has 0 amide bonds. The van der Waals surface area contributed by atoms with Gasteiger partial charge in [0.2, 0.25) is 0 Å². The summed E-state index contributed by atoms with van der Waals surface area (Å²) in [6, 6.07) is 12.2. The first-order valence-corrected chi connectivity index (χ1v) is 17.1. The molecule has 0 bridgehead atoms. The maximum atomic E-state index is 12.9. The molecule has 1 unspecified atom stereocenters. The molecule has 2 aromatic carbocycles. The average molecular weight is 599 g/mol. The summed E-state index contributed by atoms with van der Waals surface area (Å²) in [7, 11) is -10.4. The highest BCUT2D eigenvalue weighted by atomic mass is 31.3. The maximum absolute atomic E-state index is 12.9. The average Bonchev–Trinajstić information content (AvgIpc) is 2.85. The highest BCUT2D eigenvalue weighted by molar-refractivity contribution is 7.60. The van der Waals surface area contributed by atoms with Crippen molar-refractivity contribution in [1.29, 1.82) is 0 Å². The van der Waals surface area contributed by atoms with Crippen LogP contribution in [0.2, 0.25) is 0 Å². The Labute approximate surface area is 245 Å². The van der Waals surface area contributed by atoms with Crippen LogP contribution in [-0.4, -0.2) is 32.0 Å². The highest BCUT2D eigenvalue weighted by Gasteiger charge is 2.37. The molecule has 0 heterocycles. The molecule has 0 saturated carbocycles. The van der Waals surface area contributed by atoms with E-state index >= 15 is 0 Å². The summed E-state index contributed by atoms with van der Waals surface area (Å²) < 4.78 is 34.3. The molecule has 0 saturated heterocycles. The molecule has 220 valence electrons. The smallest absolute Gasteiger partial charge is 0.302 e. The van der Waals surface area contributed by atoms with Crippen molar-refractivity contribution in [3.05, 3.63) is 69.8 Å². The van der Waals surface area contributed by atoms with Gasteiger partial charge in [-0.3, -0.25) is 4.52 Å². The van der Waals surface area contributed by atoms with Crippen molar-refractivity contribution < 1.29 is 32.6 Å². The normalized spacial score (nSPS) is 13.3. The van der Waals surface area contributed by atoms with Crippen molar-refractivity contribution in [2.75, 3.05) is 0 Å². The van der Waals surface area contributed by atoms with E-state index in [2.05, 4.69) is 44.1 Å². The summed E-state index contributed by atoms with van der Waals surface area (Å²) in [5, 5.41) is 0. The molecule has 2 aromatic rings. The van der Waals surface area contributed by atoms with Crippen LogP contribution in [0.25, 0.3) is 0 Å². The van der Waals surface area contributed by atoms with Crippen LogP contribution in [0.5, 0.6) is 0 Å². The fourth-order valence-corrected chi connectivity index (χ4v) is 6.36. The van der Waals surface area contributed by atoms with Gasteiger partial charge in [0, 0.05) is 0 Å². The molecule has 10 heteroatoms. The number of phosphoric ester groups is 1. The molecule has 0 aliphatic rings. The van der Waals surface area contributed by atoms with Crippen molar-refractivity contribution >= 4 is 33.0 Å². The summed E-state index contributed by atoms with van der Waals surface area (Å²) in [6.45, 7) is 8.53. The third-order valence-electron chi connectivity index (χ3n) is 6.67. The molecule has 2 rings (SSSR count). The number of phosphoric acid groups is 2. The first-order valence-electron chi connectivity index (χ1n) is 14.0. The summed E-state index contributed by atoms with van der Waals surface area (Å²) in [5.74, 6) is 0. The quantitative estimate of drug-likeness (QED) is 0.123. The third kappa shape index (κ3) is 12.7. The van der Waals surface area contributed by atoms with E-state index < -0.39 is 21.7 Å². The number of hydrogen-bond acceptors (Lipinski definition) is 4. The molecule has 3 N–H and O–H groups in total. The summed E-state index contributed by atoms with van der Waals surface area (Å²) in [6.07, 6.45) is 10.5. The number of hydrogen-bond donors (Lipinski definition) is 3. The summed E-state index contributed by atoms with van der Waals surface area (Å²) in [4.78, 5) is 29.0. The van der Waals surface area contributed by atoms with E-state index in [-0.39, 0.29) is 17.4 Å². The van der Waals surface area contributed by atoms with Crippen LogP contribution < -0.4 is 0 Å². The Bertz CT molecular complexity index is 1040. The van der Waals surface area contributed by atoms with Crippen molar-refractivity contribution in [3.63, 3.8) is 0 Å². The Morgan fingerprint density at radius 3 is 1.41 bits per heavy atom. The van der Waals surface area contributed by atoms with E-state index in [4.69, 9.17) is 4.52 Å². The lowest BCUT2D eigenvalue weighted by atomic mass is 9.87. The second-order valence-electron chi connectivity index (χ2n) is 10.0. The fraction of sp³-hybridized carbons (Fsp3) is 0.586. The first kappa shape index (κ1) is 36.3. The zero-order valence-corrected chi connectivity index (χ0v) is 25.2. The van der Waals surface area contributed by atoms with Crippen molar-refractivity contribution in [2.45, 2.75) is 111 Å². The van der Waals surface area contributed by atoms with Gasteiger partial charge in [-0.2, -0.15) is 4.31 Å². The van der Waals surface area contributed by atoms with Gasteiger partial charge in [-0.25, -0.2) is 9.13 Å². The minimum Gasteiger partial charge on any atom is -0.302 e. The lowest BCUT2D eigenvalue weighted by Crippen LogP contribution is -2.12.